The summed E-state index contributed by atoms with van der Waals surface area (Å²) in [4.78, 5) is 14.3. The van der Waals surface area contributed by atoms with Crippen molar-refractivity contribution in [3.63, 3.8) is 0 Å². The highest BCUT2D eigenvalue weighted by Gasteiger charge is 2.32. The van der Waals surface area contributed by atoms with E-state index in [0.29, 0.717) is 27.4 Å². The molecule has 106 valence electrons. The largest absolute Gasteiger partial charge is 0.500 e. The van der Waals surface area contributed by atoms with Gasteiger partial charge in [-0.05, 0) is 31.0 Å². The van der Waals surface area contributed by atoms with Crippen LogP contribution in [0.5, 0.6) is 0 Å². The first-order valence-electron chi connectivity index (χ1n) is 6.21. The van der Waals surface area contributed by atoms with Crippen molar-refractivity contribution in [1.82, 2.24) is 4.90 Å². The summed E-state index contributed by atoms with van der Waals surface area (Å²) in [5.74, 6) is -0.0811. The predicted molar refractivity (Wildman–Crippen MR) is 86.8 cm³/mol. The molecule has 1 saturated heterocycles. The van der Waals surface area contributed by atoms with Gasteiger partial charge in [0.1, 0.15) is 15.5 Å². The Bertz CT molecular complexity index is 543. The molecule has 0 N–H and O–H groups in total. The van der Waals surface area contributed by atoms with Gasteiger partial charge in [0, 0.05) is 11.6 Å². The van der Waals surface area contributed by atoms with Gasteiger partial charge in [-0.15, -0.1) is 0 Å². The third-order valence-corrected chi connectivity index (χ3v) is 4.38. The van der Waals surface area contributed by atoms with E-state index in [1.165, 1.54) is 18.0 Å². The lowest BCUT2D eigenvalue weighted by molar-refractivity contribution is -0.122. The van der Waals surface area contributed by atoms with E-state index in [1.54, 1.807) is 4.90 Å². The van der Waals surface area contributed by atoms with Crippen molar-refractivity contribution < 1.29 is 9.53 Å². The lowest BCUT2D eigenvalue weighted by Gasteiger charge is -2.14. The number of thiocarbonyl (C=S) groups is 1. The number of ether oxygens (including phenoxy) is 1. The van der Waals surface area contributed by atoms with Crippen molar-refractivity contribution in [1.29, 1.82) is 0 Å². The van der Waals surface area contributed by atoms with Crippen LogP contribution in [0.3, 0.4) is 0 Å². The van der Waals surface area contributed by atoms with Crippen LogP contribution in [-0.4, -0.2) is 28.3 Å². The smallest absolute Gasteiger partial charge is 0.269 e. The number of nitrogens with zero attached hydrogens (tertiary/aromatic N) is 1. The zero-order valence-electron chi connectivity index (χ0n) is 11.0. The molecule has 0 atom stereocenters. The van der Waals surface area contributed by atoms with Crippen molar-refractivity contribution in [2.75, 3.05) is 13.2 Å². The molecular weight excluding hydrogens is 314 g/mol. The zero-order valence-corrected chi connectivity index (χ0v) is 13.4. The first-order valence-corrected chi connectivity index (χ1v) is 7.82. The third-order valence-electron chi connectivity index (χ3n) is 2.77. The Labute approximate surface area is 132 Å². The first-order chi connectivity index (χ1) is 9.61. The minimum absolute atomic E-state index is 0.0811. The van der Waals surface area contributed by atoms with Crippen LogP contribution in [0.1, 0.15) is 12.5 Å². The highest BCUT2D eigenvalue weighted by Crippen LogP contribution is 2.30. The minimum atomic E-state index is -0.0811. The predicted octanol–water partition coefficient (Wildman–Crippen LogP) is 3.62. The highest BCUT2D eigenvalue weighted by atomic mass is 35.5. The van der Waals surface area contributed by atoms with E-state index in [0.717, 1.165) is 12.0 Å². The van der Waals surface area contributed by atoms with Gasteiger partial charge < -0.3 is 4.74 Å². The number of carbonyl (C=O) groups excluding carboxylic acids is 1. The van der Waals surface area contributed by atoms with Gasteiger partial charge >= 0.3 is 0 Å². The Hall–Kier alpha value is -1.04. The molecule has 0 saturated carbocycles. The standard InChI is InChI=1S/C14H14ClNO2S2/c1-2-18-9-12-13(17)16(14(19)20-12)8-7-10-3-5-11(15)6-4-10/h3-6,9H,2,7-8H2,1H3. The van der Waals surface area contributed by atoms with E-state index >= 15 is 0 Å². The number of hydrogen-bond acceptors (Lipinski definition) is 4. The van der Waals surface area contributed by atoms with Gasteiger partial charge in [0.25, 0.3) is 5.91 Å². The fourth-order valence-electron chi connectivity index (χ4n) is 1.73. The minimum Gasteiger partial charge on any atom is -0.500 e. The number of carbonyl (C=O) groups is 1. The summed E-state index contributed by atoms with van der Waals surface area (Å²) in [6.07, 6.45) is 2.23. The molecule has 1 aromatic rings. The van der Waals surface area contributed by atoms with Crippen LogP contribution < -0.4 is 0 Å². The van der Waals surface area contributed by atoms with Crippen molar-refractivity contribution in [2.45, 2.75) is 13.3 Å². The van der Waals surface area contributed by atoms with Crippen LogP contribution in [0.4, 0.5) is 0 Å². The fraction of sp³-hybridized carbons (Fsp3) is 0.286. The summed E-state index contributed by atoms with van der Waals surface area (Å²) in [6.45, 7) is 2.97. The molecule has 0 aliphatic carbocycles. The normalized spacial score (nSPS) is 17.1. The molecule has 1 aliphatic heterocycles. The first kappa shape index (κ1) is 15.4. The van der Waals surface area contributed by atoms with Crippen LogP contribution >= 0.6 is 35.6 Å². The zero-order chi connectivity index (χ0) is 14.5. The quantitative estimate of drug-likeness (QED) is 0.469. The second-order valence-electron chi connectivity index (χ2n) is 4.14. The van der Waals surface area contributed by atoms with Gasteiger partial charge in [-0.2, -0.15) is 0 Å². The number of amides is 1. The van der Waals surface area contributed by atoms with Gasteiger partial charge in [-0.25, -0.2) is 0 Å². The van der Waals surface area contributed by atoms with Gasteiger partial charge in [0.15, 0.2) is 0 Å². The van der Waals surface area contributed by atoms with Crippen molar-refractivity contribution >= 4 is 45.8 Å². The Morgan fingerprint density at radius 1 is 1.40 bits per heavy atom. The topological polar surface area (TPSA) is 29.5 Å². The molecule has 0 aromatic heterocycles. The van der Waals surface area contributed by atoms with Crippen LogP contribution in [-0.2, 0) is 16.0 Å². The van der Waals surface area contributed by atoms with Crippen molar-refractivity contribution in [2.24, 2.45) is 0 Å². The summed E-state index contributed by atoms with van der Waals surface area (Å²) in [5, 5.41) is 0.707. The van der Waals surface area contributed by atoms with E-state index in [4.69, 9.17) is 28.6 Å². The monoisotopic (exact) mass is 327 g/mol. The molecule has 1 aromatic carbocycles. The lowest BCUT2D eigenvalue weighted by Crippen LogP contribution is -2.30. The third kappa shape index (κ3) is 3.75. The average Bonchev–Trinajstić information content (AvgIpc) is 2.71. The highest BCUT2D eigenvalue weighted by molar-refractivity contribution is 8.26. The molecule has 6 heteroatoms. The summed E-state index contributed by atoms with van der Waals surface area (Å²) < 4.78 is 5.73. The summed E-state index contributed by atoms with van der Waals surface area (Å²) in [7, 11) is 0. The van der Waals surface area contributed by atoms with E-state index in [2.05, 4.69) is 0 Å². The van der Waals surface area contributed by atoms with Gasteiger partial charge in [-0.3, -0.25) is 9.69 Å². The molecule has 1 amide bonds. The van der Waals surface area contributed by atoms with Crippen LogP contribution in [0, 0.1) is 0 Å². The Kier molecular flexibility index (Phi) is 5.46. The van der Waals surface area contributed by atoms with Crippen molar-refractivity contribution in [3.8, 4) is 0 Å². The van der Waals surface area contributed by atoms with Crippen molar-refractivity contribution in [3.05, 3.63) is 46.0 Å². The second kappa shape index (κ2) is 7.11. The van der Waals surface area contributed by atoms with Crippen LogP contribution in [0.2, 0.25) is 5.02 Å². The number of benzene rings is 1. The van der Waals surface area contributed by atoms with Gasteiger partial charge in [0.05, 0.1) is 6.61 Å². The number of halogens is 1. The molecule has 1 fully saturated rings. The molecule has 0 spiro atoms. The Morgan fingerprint density at radius 3 is 2.75 bits per heavy atom. The Balaban J connectivity index is 1.97. The number of hydrogen-bond donors (Lipinski definition) is 0. The van der Waals surface area contributed by atoms with E-state index < -0.39 is 0 Å². The molecule has 1 heterocycles. The molecule has 0 bridgehead atoms. The molecule has 2 rings (SSSR count). The molecule has 3 nitrogen and oxygen atoms in total. The maximum Gasteiger partial charge on any atom is 0.269 e. The van der Waals surface area contributed by atoms with Gasteiger partial charge in [0.2, 0.25) is 0 Å². The maximum atomic E-state index is 12.1. The second-order valence-corrected chi connectivity index (χ2v) is 6.25. The summed E-state index contributed by atoms with van der Waals surface area (Å²) in [6, 6.07) is 7.60. The SMILES string of the molecule is CCOC=C1SC(=S)N(CCc2ccc(Cl)cc2)C1=O. The van der Waals surface area contributed by atoms with Crippen LogP contribution in [0.15, 0.2) is 35.4 Å². The van der Waals surface area contributed by atoms with Gasteiger partial charge in [-0.1, -0.05) is 47.7 Å². The lowest BCUT2D eigenvalue weighted by atomic mass is 10.1. The average molecular weight is 328 g/mol. The molecule has 20 heavy (non-hydrogen) atoms. The summed E-state index contributed by atoms with van der Waals surface area (Å²) >= 11 is 12.4. The van der Waals surface area contributed by atoms with Crippen LogP contribution in [0.25, 0.3) is 0 Å². The number of thioether (sulfide) groups is 1. The summed E-state index contributed by atoms with van der Waals surface area (Å²) in [5.41, 5.74) is 1.12. The van der Waals surface area contributed by atoms with E-state index in [1.807, 2.05) is 31.2 Å². The van der Waals surface area contributed by atoms with E-state index in [9.17, 15) is 4.79 Å². The molecule has 0 radical (unpaired) electrons. The number of rotatable bonds is 5. The maximum absolute atomic E-state index is 12.1. The Morgan fingerprint density at radius 2 is 2.10 bits per heavy atom. The molecular formula is C14H14ClNO2S2. The fourth-order valence-corrected chi connectivity index (χ4v) is 3.08. The molecule has 1 aliphatic rings. The van der Waals surface area contributed by atoms with E-state index in [-0.39, 0.29) is 5.91 Å². The molecule has 0 unspecified atom stereocenters.